The van der Waals surface area contributed by atoms with Crippen molar-refractivity contribution in [3.05, 3.63) is 29.8 Å². The fourth-order valence-corrected chi connectivity index (χ4v) is 3.46. The maximum atomic E-state index is 10.3. The van der Waals surface area contributed by atoms with Crippen LogP contribution in [0.4, 0.5) is 5.69 Å². The molecule has 3 unspecified atom stereocenters. The van der Waals surface area contributed by atoms with Gasteiger partial charge in [-0.05, 0) is 24.6 Å². The fraction of sp³-hybridized carbons (Fsp3) is 0.571. The number of nitrogens with zero attached hydrogens (tertiary/aromatic N) is 1. The van der Waals surface area contributed by atoms with Crippen molar-refractivity contribution >= 4 is 17.4 Å². The van der Waals surface area contributed by atoms with E-state index < -0.39 is 6.10 Å². The molecule has 3 atom stereocenters. The summed E-state index contributed by atoms with van der Waals surface area (Å²) < 4.78 is 0. The quantitative estimate of drug-likeness (QED) is 0.823. The first kappa shape index (κ1) is 13.7. The summed E-state index contributed by atoms with van der Waals surface area (Å²) in [4.78, 5) is 2.38. The van der Waals surface area contributed by atoms with Gasteiger partial charge in [-0.3, -0.25) is 4.90 Å². The van der Waals surface area contributed by atoms with Crippen molar-refractivity contribution in [3.63, 3.8) is 0 Å². The van der Waals surface area contributed by atoms with Crippen LogP contribution in [-0.2, 0) is 0 Å². The minimum absolute atomic E-state index is 0.427. The molecule has 1 aliphatic heterocycles. The molecule has 1 fully saturated rings. The Morgan fingerprint density at radius 3 is 2.72 bits per heavy atom. The molecule has 1 aromatic rings. The third kappa shape index (κ3) is 3.19. The fourth-order valence-electron chi connectivity index (χ4n) is 2.30. The second kappa shape index (κ2) is 5.95. The molecule has 3 N–H and O–H groups in total. The van der Waals surface area contributed by atoms with Gasteiger partial charge in [0, 0.05) is 35.8 Å². The van der Waals surface area contributed by atoms with E-state index in [1.54, 1.807) is 0 Å². The third-order valence-corrected chi connectivity index (χ3v) is 5.08. The summed E-state index contributed by atoms with van der Waals surface area (Å²) in [6.07, 6.45) is -0.427. The van der Waals surface area contributed by atoms with Gasteiger partial charge in [0.1, 0.15) is 0 Å². The molecule has 0 aliphatic carbocycles. The highest BCUT2D eigenvalue weighted by atomic mass is 32.2. The van der Waals surface area contributed by atoms with Gasteiger partial charge in [-0.25, -0.2) is 0 Å². The summed E-state index contributed by atoms with van der Waals surface area (Å²) in [5.41, 5.74) is 7.34. The summed E-state index contributed by atoms with van der Waals surface area (Å²) >= 11 is 2.01. The van der Waals surface area contributed by atoms with Crippen molar-refractivity contribution in [2.75, 3.05) is 24.6 Å². The van der Waals surface area contributed by atoms with Crippen LogP contribution in [0.3, 0.4) is 0 Å². The van der Waals surface area contributed by atoms with Crippen molar-refractivity contribution in [3.8, 4) is 0 Å². The molecule has 0 aromatic heterocycles. The number of anilines is 1. The zero-order chi connectivity index (χ0) is 13.1. The van der Waals surface area contributed by atoms with Crippen molar-refractivity contribution < 1.29 is 5.11 Å². The second-order valence-electron chi connectivity index (χ2n) is 4.99. The number of nitrogen functional groups attached to an aromatic ring is 1. The second-order valence-corrected chi connectivity index (χ2v) is 6.48. The summed E-state index contributed by atoms with van der Waals surface area (Å²) in [7, 11) is 0. The minimum Gasteiger partial charge on any atom is -0.399 e. The molecular weight excluding hydrogens is 244 g/mol. The van der Waals surface area contributed by atoms with Gasteiger partial charge >= 0.3 is 0 Å². The first-order valence-corrected chi connectivity index (χ1v) is 7.52. The summed E-state index contributed by atoms with van der Waals surface area (Å²) in [6.45, 7) is 6.27. The molecule has 4 heteroatoms. The molecule has 100 valence electrons. The number of hydrogen-bond donors (Lipinski definition) is 2. The molecule has 3 nitrogen and oxygen atoms in total. The molecule has 1 heterocycles. The standard InChI is InChI=1S/C14H22N2OS/c1-10-11(2)18-8-7-16(10)9-14(17)12-3-5-13(15)6-4-12/h3-6,10-11,14,17H,7-9,15H2,1-2H3. The van der Waals surface area contributed by atoms with Crippen molar-refractivity contribution in [1.82, 2.24) is 4.90 Å². The minimum atomic E-state index is -0.427. The van der Waals surface area contributed by atoms with Gasteiger partial charge in [-0.15, -0.1) is 0 Å². The molecule has 0 radical (unpaired) electrons. The molecule has 1 saturated heterocycles. The van der Waals surface area contributed by atoms with Crippen molar-refractivity contribution in [2.24, 2.45) is 0 Å². The number of β-amino-alcohol motifs (C(OH)–C–C–N with tert-alkyl or cyclic N) is 1. The number of nitrogens with two attached hydrogens (primary N) is 1. The molecule has 2 rings (SSSR count). The van der Waals surface area contributed by atoms with Gasteiger partial charge < -0.3 is 10.8 Å². The third-order valence-electron chi connectivity index (χ3n) is 3.74. The maximum absolute atomic E-state index is 10.3. The molecule has 0 saturated carbocycles. The van der Waals surface area contributed by atoms with Crippen LogP contribution in [-0.4, -0.2) is 40.1 Å². The highest BCUT2D eigenvalue weighted by Gasteiger charge is 2.26. The zero-order valence-electron chi connectivity index (χ0n) is 11.0. The van der Waals surface area contributed by atoms with E-state index >= 15 is 0 Å². The normalized spacial score (nSPS) is 27.1. The van der Waals surface area contributed by atoms with E-state index in [4.69, 9.17) is 5.73 Å². The number of thioether (sulfide) groups is 1. The lowest BCUT2D eigenvalue weighted by Crippen LogP contribution is -2.46. The highest BCUT2D eigenvalue weighted by Crippen LogP contribution is 2.26. The first-order valence-electron chi connectivity index (χ1n) is 6.47. The van der Waals surface area contributed by atoms with Crippen LogP contribution in [0.15, 0.2) is 24.3 Å². The Morgan fingerprint density at radius 1 is 1.39 bits per heavy atom. The smallest absolute Gasteiger partial charge is 0.0917 e. The van der Waals surface area contributed by atoms with Gasteiger partial charge in [0.05, 0.1) is 6.10 Å². The van der Waals surface area contributed by atoms with Crippen LogP contribution in [0.5, 0.6) is 0 Å². The predicted octanol–water partition coefficient (Wildman–Crippen LogP) is 2.13. The molecule has 0 bridgehead atoms. The average Bonchev–Trinajstić information content (AvgIpc) is 2.36. The van der Waals surface area contributed by atoms with Crippen LogP contribution in [0.1, 0.15) is 25.5 Å². The monoisotopic (exact) mass is 266 g/mol. The Labute approximate surface area is 113 Å². The number of aliphatic hydroxyl groups is 1. The summed E-state index contributed by atoms with van der Waals surface area (Å²) in [6, 6.07) is 8.03. The van der Waals surface area contributed by atoms with Gasteiger partial charge in [0.2, 0.25) is 0 Å². The average molecular weight is 266 g/mol. The number of hydrogen-bond acceptors (Lipinski definition) is 4. The Morgan fingerprint density at radius 2 is 2.06 bits per heavy atom. The van der Waals surface area contributed by atoms with Gasteiger partial charge in [0.25, 0.3) is 0 Å². The molecule has 1 aromatic carbocycles. The Hall–Kier alpha value is -0.710. The highest BCUT2D eigenvalue weighted by molar-refractivity contribution is 8.00. The zero-order valence-corrected chi connectivity index (χ0v) is 11.9. The summed E-state index contributed by atoms with van der Waals surface area (Å²) in [5.74, 6) is 1.15. The van der Waals surface area contributed by atoms with Crippen LogP contribution in [0.25, 0.3) is 0 Å². The lowest BCUT2D eigenvalue weighted by Gasteiger charge is -2.38. The van der Waals surface area contributed by atoms with E-state index in [-0.39, 0.29) is 0 Å². The largest absolute Gasteiger partial charge is 0.399 e. The van der Waals surface area contributed by atoms with E-state index in [1.807, 2.05) is 36.0 Å². The molecule has 0 amide bonds. The van der Waals surface area contributed by atoms with Crippen LogP contribution >= 0.6 is 11.8 Å². The number of rotatable bonds is 3. The van der Waals surface area contributed by atoms with Crippen LogP contribution < -0.4 is 5.73 Å². The van der Waals surface area contributed by atoms with Gasteiger partial charge in [0.15, 0.2) is 0 Å². The van der Waals surface area contributed by atoms with E-state index in [0.29, 0.717) is 17.8 Å². The molecule has 18 heavy (non-hydrogen) atoms. The molecule has 0 spiro atoms. The Balaban J connectivity index is 1.98. The lowest BCUT2D eigenvalue weighted by molar-refractivity contribution is 0.0930. The number of aliphatic hydroxyl groups excluding tert-OH is 1. The van der Waals surface area contributed by atoms with Gasteiger partial charge in [-0.1, -0.05) is 19.1 Å². The van der Waals surface area contributed by atoms with Crippen molar-refractivity contribution in [1.29, 1.82) is 0 Å². The number of benzene rings is 1. The maximum Gasteiger partial charge on any atom is 0.0917 e. The van der Waals surface area contributed by atoms with E-state index in [0.717, 1.165) is 23.5 Å². The molecule has 1 aliphatic rings. The van der Waals surface area contributed by atoms with E-state index in [1.165, 1.54) is 0 Å². The van der Waals surface area contributed by atoms with E-state index in [2.05, 4.69) is 18.7 Å². The summed E-state index contributed by atoms with van der Waals surface area (Å²) in [5, 5.41) is 10.9. The van der Waals surface area contributed by atoms with Crippen LogP contribution in [0, 0.1) is 0 Å². The first-order chi connectivity index (χ1) is 8.58. The van der Waals surface area contributed by atoms with Crippen molar-refractivity contribution in [2.45, 2.75) is 31.2 Å². The van der Waals surface area contributed by atoms with E-state index in [9.17, 15) is 5.11 Å². The topological polar surface area (TPSA) is 49.5 Å². The lowest BCUT2D eigenvalue weighted by atomic mass is 10.1. The Bertz CT molecular complexity index is 382. The molecular formula is C14H22N2OS. The van der Waals surface area contributed by atoms with Gasteiger partial charge in [-0.2, -0.15) is 11.8 Å². The Kier molecular flexibility index (Phi) is 4.54. The SMILES string of the molecule is CC1SCCN(CC(O)c2ccc(N)cc2)C1C. The van der Waals surface area contributed by atoms with Crippen LogP contribution in [0.2, 0.25) is 0 Å². The predicted molar refractivity (Wildman–Crippen MR) is 78.8 cm³/mol.